The summed E-state index contributed by atoms with van der Waals surface area (Å²) < 4.78 is 52.3. The molecule has 0 aromatic heterocycles. The predicted octanol–water partition coefficient (Wildman–Crippen LogP) is 3.04. The lowest BCUT2D eigenvalue weighted by Gasteiger charge is -2.07. The van der Waals surface area contributed by atoms with Crippen LogP contribution < -0.4 is 5.73 Å². The molecule has 0 aliphatic carbocycles. The highest BCUT2D eigenvalue weighted by Crippen LogP contribution is 2.23. The van der Waals surface area contributed by atoms with Crippen molar-refractivity contribution in [1.29, 1.82) is 0 Å². The van der Waals surface area contributed by atoms with Gasteiger partial charge >= 0.3 is 6.18 Å². The number of benzene rings is 1. The van der Waals surface area contributed by atoms with Gasteiger partial charge < -0.3 is 10.5 Å². The lowest BCUT2D eigenvalue weighted by Crippen LogP contribution is -2.16. The molecule has 0 aliphatic rings. The zero-order chi connectivity index (χ0) is 12.2. The summed E-state index contributed by atoms with van der Waals surface area (Å²) in [6, 6.07) is 3.77. The third-order valence-electron chi connectivity index (χ3n) is 1.47. The summed E-state index contributed by atoms with van der Waals surface area (Å²) in [6.07, 6.45) is -4.35. The van der Waals surface area contributed by atoms with Crippen LogP contribution >= 0.6 is 11.8 Å². The molecule has 0 aliphatic heterocycles. The van der Waals surface area contributed by atoms with Gasteiger partial charge in [0.15, 0.2) is 0 Å². The summed E-state index contributed by atoms with van der Waals surface area (Å²) >= 11 is 0.947. The molecular weight excluding hydrogens is 246 g/mol. The minimum Gasteiger partial charge on any atom is -0.399 e. The number of nitrogens with two attached hydrogens (primary N) is 1. The topological polar surface area (TPSA) is 35.2 Å². The molecule has 0 amide bonds. The first-order valence-electron chi connectivity index (χ1n) is 4.20. The van der Waals surface area contributed by atoms with Gasteiger partial charge in [0.1, 0.15) is 12.4 Å². The van der Waals surface area contributed by atoms with Gasteiger partial charge in [-0.25, -0.2) is 4.39 Å². The van der Waals surface area contributed by atoms with Crippen molar-refractivity contribution in [1.82, 2.24) is 0 Å². The minimum atomic E-state index is -4.35. The van der Waals surface area contributed by atoms with Gasteiger partial charge in [-0.15, -0.1) is 0 Å². The van der Waals surface area contributed by atoms with Gasteiger partial charge in [0, 0.05) is 10.6 Å². The molecule has 0 unspecified atom stereocenters. The van der Waals surface area contributed by atoms with Crippen molar-refractivity contribution in [3.63, 3.8) is 0 Å². The Bertz CT molecular complexity index is 336. The van der Waals surface area contributed by atoms with Gasteiger partial charge in [0.25, 0.3) is 0 Å². The summed E-state index contributed by atoms with van der Waals surface area (Å²) in [5.41, 5.74) is 5.58. The highest BCUT2D eigenvalue weighted by Gasteiger charge is 2.27. The highest BCUT2D eigenvalue weighted by atomic mass is 32.2. The number of anilines is 1. The average Bonchev–Trinajstić information content (AvgIpc) is 2.09. The Morgan fingerprint density at radius 3 is 2.50 bits per heavy atom. The van der Waals surface area contributed by atoms with Gasteiger partial charge in [-0.1, -0.05) is 11.8 Å². The van der Waals surface area contributed by atoms with E-state index in [0.29, 0.717) is 4.90 Å². The Hall–Kier alpha value is -0.950. The van der Waals surface area contributed by atoms with Crippen molar-refractivity contribution in [2.75, 3.05) is 18.3 Å². The number of rotatable bonds is 4. The van der Waals surface area contributed by atoms with Crippen LogP contribution in [0.4, 0.5) is 23.2 Å². The number of ether oxygens (including phenoxy) is 1. The first-order chi connectivity index (χ1) is 7.37. The largest absolute Gasteiger partial charge is 0.411 e. The Labute approximate surface area is 93.8 Å². The molecule has 0 heterocycles. The summed E-state index contributed by atoms with van der Waals surface area (Å²) in [5, 5.41) is 0. The zero-order valence-corrected chi connectivity index (χ0v) is 8.87. The van der Waals surface area contributed by atoms with E-state index in [1.165, 1.54) is 12.1 Å². The molecule has 0 saturated heterocycles. The molecule has 0 saturated carbocycles. The van der Waals surface area contributed by atoms with Crippen molar-refractivity contribution in [3.05, 3.63) is 24.0 Å². The van der Waals surface area contributed by atoms with E-state index in [-0.39, 0.29) is 11.6 Å². The van der Waals surface area contributed by atoms with Crippen LogP contribution in [0.3, 0.4) is 0 Å². The number of hydrogen-bond donors (Lipinski definition) is 1. The Balaban J connectivity index is 2.37. The van der Waals surface area contributed by atoms with Gasteiger partial charge in [-0.3, -0.25) is 0 Å². The van der Waals surface area contributed by atoms with E-state index >= 15 is 0 Å². The van der Waals surface area contributed by atoms with Gasteiger partial charge in [0.05, 0.1) is 5.94 Å². The third kappa shape index (κ3) is 5.22. The molecule has 1 aromatic rings. The number of alkyl halides is 3. The second-order valence-electron chi connectivity index (χ2n) is 2.95. The molecule has 16 heavy (non-hydrogen) atoms. The molecule has 0 bridgehead atoms. The predicted molar refractivity (Wildman–Crippen MR) is 53.5 cm³/mol. The molecule has 1 rings (SSSR count). The van der Waals surface area contributed by atoms with Crippen LogP contribution in [0.2, 0.25) is 0 Å². The second kappa shape index (κ2) is 5.40. The molecule has 7 heteroatoms. The maximum Gasteiger partial charge on any atom is 0.411 e. The summed E-state index contributed by atoms with van der Waals surface area (Å²) in [4.78, 5) is 0.430. The van der Waals surface area contributed by atoms with Crippen LogP contribution in [0.1, 0.15) is 0 Å². The van der Waals surface area contributed by atoms with E-state index in [0.717, 1.165) is 17.8 Å². The van der Waals surface area contributed by atoms with Gasteiger partial charge in [0.2, 0.25) is 0 Å². The van der Waals surface area contributed by atoms with Crippen molar-refractivity contribution in [2.45, 2.75) is 11.1 Å². The molecule has 2 nitrogen and oxygen atoms in total. The number of nitrogen functional groups attached to an aromatic ring is 1. The molecule has 0 fully saturated rings. The van der Waals surface area contributed by atoms with Crippen LogP contribution in [0.25, 0.3) is 0 Å². The molecule has 0 radical (unpaired) electrons. The quantitative estimate of drug-likeness (QED) is 0.295. The van der Waals surface area contributed by atoms with Crippen molar-refractivity contribution in [2.24, 2.45) is 0 Å². The lowest BCUT2D eigenvalue weighted by molar-refractivity contribution is -0.168. The molecule has 2 N–H and O–H groups in total. The fourth-order valence-electron chi connectivity index (χ4n) is 0.935. The highest BCUT2D eigenvalue weighted by molar-refractivity contribution is 7.99. The fraction of sp³-hybridized carbons (Fsp3) is 0.333. The molecule has 0 atom stereocenters. The Morgan fingerprint density at radius 1 is 1.25 bits per heavy atom. The number of halogens is 4. The normalized spacial score (nSPS) is 11.8. The van der Waals surface area contributed by atoms with E-state index in [2.05, 4.69) is 4.74 Å². The lowest BCUT2D eigenvalue weighted by atomic mass is 10.3. The number of thioether (sulfide) groups is 1. The Morgan fingerprint density at radius 2 is 1.94 bits per heavy atom. The van der Waals surface area contributed by atoms with Gasteiger partial charge in [-0.2, -0.15) is 13.2 Å². The van der Waals surface area contributed by atoms with Crippen LogP contribution in [0.5, 0.6) is 0 Å². The Kier molecular flexibility index (Phi) is 4.43. The zero-order valence-electron chi connectivity index (χ0n) is 8.05. The van der Waals surface area contributed by atoms with Crippen LogP contribution in [0, 0.1) is 5.82 Å². The van der Waals surface area contributed by atoms with E-state index < -0.39 is 18.6 Å². The molecular formula is C9H9F4NOS. The van der Waals surface area contributed by atoms with Crippen LogP contribution in [0.15, 0.2) is 23.1 Å². The van der Waals surface area contributed by atoms with E-state index in [1.54, 1.807) is 0 Å². The summed E-state index contributed by atoms with van der Waals surface area (Å²) in [7, 11) is 0. The van der Waals surface area contributed by atoms with Crippen molar-refractivity contribution < 1.29 is 22.3 Å². The fourth-order valence-corrected chi connectivity index (χ4v) is 1.65. The maximum absolute atomic E-state index is 12.8. The standard InChI is InChI=1S/C9H9F4NOS/c10-6-1-7(14)3-8(2-6)16-5-15-4-9(11,12)13/h1-3H,4-5,14H2. The molecule has 90 valence electrons. The SMILES string of the molecule is Nc1cc(F)cc(SCOCC(F)(F)F)c1. The van der Waals surface area contributed by atoms with E-state index in [4.69, 9.17) is 5.73 Å². The van der Waals surface area contributed by atoms with Gasteiger partial charge in [-0.05, 0) is 18.2 Å². The summed E-state index contributed by atoms with van der Waals surface area (Å²) in [6.45, 7) is -1.31. The molecule has 1 aromatic carbocycles. The van der Waals surface area contributed by atoms with Crippen molar-refractivity contribution in [3.8, 4) is 0 Å². The minimum absolute atomic E-state index is 0.206. The van der Waals surface area contributed by atoms with Crippen LogP contribution in [-0.4, -0.2) is 18.7 Å². The first kappa shape index (κ1) is 13.1. The van der Waals surface area contributed by atoms with E-state index in [9.17, 15) is 17.6 Å². The first-order valence-corrected chi connectivity index (χ1v) is 5.19. The summed E-state index contributed by atoms with van der Waals surface area (Å²) in [5.74, 6) is -0.735. The van der Waals surface area contributed by atoms with Crippen molar-refractivity contribution >= 4 is 17.4 Å². The third-order valence-corrected chi connectivity index (χ3v) is 2.32. The van der Waals surface area contributed by atoms with Crippen LogP contribution in [-0.2, 0) is 4.74 Å². The molecule has 0 spiro atoms. The number of hydrogen-bond acceptors (Lipinski definition) is 3. The average molecular weight is 255 g/mol. The van der Waals surface area contributed by atoms with E-state index in [1.807, 2.05) is 0 Å². The second-order valence-corrected chi connectivity index (χ2v) is 3.94. The monoisotopic (exact) mass is 255 g/mol. The smallest absolute Gasteiger partial charge is 0.399 e. The maximum atomic E-state index is 12.8.